The molecule has 1 atom stereocenters. The van der Waals surface area contributed by atoms with Crippen molar-refractivity contribution in [3.63, 3.8) is 0 Å². The predicted octanol–water partition coefficient (Wildman–Crippen LogP) is 3.60. The van der Waals surface area contributed by atoms with Gasteiger partial charge in [-0.1, -0.05) is 12.1 Å². The van der Waals surface area contributed by atoms with Gasteiger partial charge in [0.2, 0.25) is 0 Å². The molecule has 0 bridgehead atoms. The predicted molar refractivity (Wildman–Crippen MR) is 112 cm³/mol. The molecule has 0 aliphatic carbocycles. The van der Waals surface area contributed by atoms with Crippen LogP contribution in [0.25, 0.3) is 22.4 Å². The van der Waals surface area contributed by atoms with Crippen molar-refractivity contribution in [1.29, 1.82) is 0 Å². The van der Waals surface area contributed by atoms with E-state index in [0.29, 0.717) is 24.7 Å². The summed E-state index contributed by atoms with van der Waals surface area (Å²) in [5.74, 6) is 0.402. The molecule has 1 fully saturated rings. The molecule has 4 heterocycles. The summed E-state index contributed by atoms with van der Waals surface area (Å²) < 4.78 is 5.91. The Labute approximate surface area is 172 Å². The van der Waals surface area contributed by atoms with E-state index in [2.05, 4.69) is 15.0 Å². The van der Waals surface area contributed by atoms with Crippen molar-refractivity contribution in [2.75, 3.05) is 13.1 Å². The number of fused-ring (bicyclic) bond motifs is 1. The Morgan fingerprint density at radius 1 is 1.10 bits per heavy atom. The second-order valence-corrected chi connectivity index (χ2v) is 7.46. The first-order valence-corrected chi connectivity index (χ1v) is 9.97. The number of hydrogen-bond acceptors (Lipinski definition) is 5. The largest absolute Gasteiger partial charge is 0.440 e. The van der Waals surface area contributed by atoms with Crippen molar-refractivity contribution in [2.45, 2.75) is 18.8 Å². The first-order chi connectivity index (χ1) is 14.7. The van der Waals surface area contributed by atoms with E-state index in [9.17, 15) is 9.59 Å². The number of nitrogens with zero attached hydrogens (tertiary/aromatic N) is 3. The van der Waals surface area contributed by atoms with Gasteiger partial charge in [0.25, 0.3) is 11.5 Å². The number of aromatic amines is 1. The van der Waals surface area contributed by atoms with E-state index in [-0.39, 0.29) is 17.4 Å². The number of carbonyl (C=O) groups is 1. The third kappa shape index (κ3) is 3.39. The molecule has 5 rings (SSSR count). The number of hydrogen-bond donors (Lipinski definition) is 1. The van der Waals surface area contributed by atoms with E-state index in [1.54, 1.807) is 29.4 Å². The lowest BCUT2D eigenvalue weighted by atomic mass is 9.97. The Morgan fingerprint density at radius 2 is 1.93 bits per heavy atom. The number of likely N-dealkylation sites (tertiary alicyclic amines) is 1. The van der Waals surface area contributed by atoms with Crippen LogP contribution in [0.4, 0.5) is 0 Å². The van der Waals surface area contributed by atoms with Crippen LogP contribution < -0.4 is 5.56 Å². The molecular weight excluding hydrogens is 380 g/mol. The molecule has 7 nitrogen and oxygen atoms in total. The van der Waals surface area contributed by atoms with Gasteiger partial charge in [-0.25, -0.2) is 4.98 Å². The average molecular weight is 400 g/mol. The number of rotatable bonds is 3. The zero-order valence-electron chi connectivity index (χ0n) is 16.2. The van der Waals surface area contributed by atoms with Gasteiger partial charge in [0.1, 0.15) is 11.1 Å². The molecule has 1 aliphatic heterocycles. The third-order valence-electron chi connectivity index (χ3n) is 5.50. The first kappa shape index (κ1) is 18.3. The zero-order chi connectivity index (χ0) is 20.5. The van der Waals surface area contributed by atoms with Crippen molar-refractivity contribution in [3.8, 4) is 11.3 Å². The number of pyridine rings is 2. The molecule has 30 heavy (non-hydrogen) atoms. The lowest BCUT2D eigenvalue weighted by Crippen LogP contribution is -2.41. The summed E-state index contributed by atoms with van der Waals surface area (Å²) in [6, 6.07) is 14.6. The van der Waals surface area contributed by atoms with E-state index >= 15 is 0 Å². The Morgan fingerprint density at radius 3 is 2.73 bits per heavy atom. The van der Waals surface area contributed by atoms with Crippen molar-refractivity contribution in [3.05, 3.63) is 82.7 Å². The molecule has 0 unspecified atom stereocenters. The van der Waals surface area contributed by atoms with Gasteiger partial charge in [-0.05, 0) is 49.2 Å². The van der Waals surface area contributed by atoms with Gasteiger partial charge in [0.15, 0.2) is 11.5 Å². The van der Waals surface area contributed by atoms with E-state index in [1.807, 2.05) is 36.4 Å². The lowest BCUT2D eigenvalue weighted by Gasteiger charge is -2.31. The molecule has 1 saturated heterocycles. The number of oxazole rings is 1. The number of amides is 1. The molecule has 150 valence electrons. The van der Waals surface area contributed by atoms with Gasteiger partial charge in [-0.15, -0.1) is 0 Å². The number of piperidine rings is 1. The van der Waals surface area contributed by atoms with Gasteiger partial charge in [0, 0.05) is 36.7 Å². The van der Waals surface area contributed by atoms with Gasteiger partial charge in [-0.2, -0.15) is 0 Å². The molecule has 1 aliphatic rings. The van der Waals surface area contributed by atoms with Crippen LogP contribution in [-0.2, 0) is 0 Å². The number of carbonyl (C=O) groups excluding carboxylic acids is 1. The van der Waals surface area contributed by atoms with Crippen molar-refractivity contribution < 1.29 is 9.21 Å². The fourth-order valence-corrected chi connectivity index (χ4v) is 3.94. The maximum absolute atomic E-state index is 13.1. The lowest BCUT2D eigenvalue weighted by molar-refractivity contribution is 0.0697. The highest BCUT2D eigenvalue weighted by atomic mass is 16.3. The van der Waals surface area contributed by atoms with Crippen molar-refractivity contribution in [2.24, 2.45) is 0 Å². The van der Waals surface area contributed by atoms with Gasteiger partial charge in [-0.3, -0.25) is 14.6 Å². The van der Waals surface area contributed by atoms with Crippen LogP contribution in [-0.4, -0.2) is 38.8 Å². The molecule has 0 spiro atoms. The Bertz CT molecular complexity index is 1230. The minimum atomic E-state index is -0.390. The number of aromatic nitrogens is 3. The SMILES string of the molecule is O=C(c1ccc(-c2ccncc2)[nH]c1=O)N1CCC[C@@H](c2nc3ccccc3o2)C1. The summed E-state index contributed by atoms with van der Waals surface area (Å²) in [5, 5.41) is 0. The van der Waals surface area contributed by atoms with Crippen LogP contribution in [0.3, 0.4) is 0 Å². The van der Waals surface area contributed by atoms with Gasteiger partial charge >= 0.3 is 0 Å². The Hall–Kier alpha value is -3.74. The third-order valence-corrected chi connectivity index (χ3v) is 5.50. The highest BCUT2D eigenvalue weighted by Gasteiger charge is 2.29. The van der Waals surface area contributed by atoms with Crippen LogP contribution in [0.2, 0.25) is 0 Å². The fraction of sp³-hybridized carbons (Fsp3) is 0.217. The Kier molecular flexibility index (Phi) is 4.63. The van der Waals surface area contributed by atoms with E-state index in [4.69, 9.17) is 4.42 Å². The van der Waals surface area contributed by atoms with Crippen LogP contribution in [0.15, 0.2) is 70.1 Å². The number of benzene rings is 1. The van der Waals surface area contributed by atoms with E-state index in [1.165, 1.54) is 0 Å². The number of H-pyrrole nitrogens is 1. The normalized spacial score (nSPS) is 16.7. The molecular formula is C23H20N4O3. The number of nitrogens with one attached hydrogen (secondary N) is 1. The van der Waals surface area contributed by atoms with Crippen LogP contribution in [0, 0.1) is 0 Å². The summed E-state index contributed by atoms with van der Waals surface area (Å²) in [4.78, 5) is 38.8. The van der Waals surface area contributed by atoms with Crippen LogP contribution >= 0.6 is 0 Å². The summed E-state index contributed by atoms with van der Waals surface area (Å²) >= 11 is 0. The maximum atomic E-state index is 13.1. The summed E-state index contributed by atoms with van der Waals surface area (Å²) in [7, 11) is 0. The monoisotopic (exact) mass is 400 g/mol. The molecule has 0 radical (unpaired) electrons. The van der Waals surface area contributed by atoms with Gasteiger partial charge in [0.05, 0.1) is 5.92 Å². The van der Waals surface area contributed by atoms with Crippen molar-refractivity contribution in [1.82, 2.24) is 19.9 Å². The summed E-state index contributed by atoms with van der Waals surface area (Å²) in [6.07, 6.45) is 5.05. The molecule has 0 saturated carbocycles. The second kappa shape index (κ2) is 7.59. The second-order valence-electron chi connectivity index (χ2n) is 7.46. The van der Waals surface area contributed by atoms with E-state index in [0.717, 1.165) is 29.5 Å². The molecule has 1 N–H and O–H groups in total. The van der Waals surface area contributed by atoms with Crippen LogP contribution in [0.1, 0.15) is 35.0 Å². The van der Waals surface area contributed by atoms with E-state index < -0.39 is 5.56 Å². The van der Waals surface area contributed by atoms with Crippen molar-refractivity contribution >= 4 is 17.0 Å². The minimum Gasteiger partial charge on any atom is -0.440 e. The molecule has 1 aromatic carbocycles. The first-order valence-electron chi connectivity index (χ1n) is 9.97. The maximum Gasteiger partial charge on any atom is 0.261 e. The molecule has 7 heteroatoms. The zero-order valence-corrected chi connectivity index (χ0v) is 16.2. The van der Waals surface area contributed by atoms with Gasteiger partial charge < -0.3 is 14.3 Å². The number of para-hydroxylation sites is 2. The quantitative estimate of drug-likeness (QED) is 0.567. The topological polar surface area (TPSA) is 92.1 Å². The highest BCUT2D eigenvalue weighted by molar-refractivity contribution is 5.94. The smallest absolute Gasteiger partial charge is 0.261 e. The fourth-order valence-electron chi connectivity index (χ4n) is 3.94. The Balaban J connectivity index is 1.37. The summed E-state index contributed by atoms with van der Waals surface area (Å²) in [6.45, 7) is 1.10. The molecule has 1 amide bonds. The minimum absolute atomic E-state index is 0.0188. The molecule has 3 aromatic heterocycles. The standard InChI is InChI=1S/C23H20N4O3/c28-21-17(7-8-18(25-21)15-9-11-24-12-10-15)23(29)27-13-3-4-16(14-27)22-26-19-5-1-2-6-20(19)30-22/h1-2,5-12,16H,3-4,13-14H2,(H,25,28)/t16-/m1/s1. The average Bonchev–Trinajstić information content (AvgIpc) is 3.24. The highest BCUT2D eigenvalue weighted by Crippen LogP contribution is 2.29. The van der Waals surface area contributed by atoms with Crippen LogP contribution in [0.5, 0.6) is 0 Å². The molecule has 4 aromatic rings. The summed E-state index contributed by atoms with van der Waals surface area (Å²) in [5.41, 5.74) is 2.82.